The molecular formula is C10H14ClNOS. The first kappa shape index (κ1) is 11.5. The Morgan fingerprint density at radius 2 is 2.29 bits per heavy atom. The monoisotopic (exact) mass is 231 g/mol. The molecule has 0 N–H and O–H groups in total. The van der Waals surface area contributed by atoms with E-state index >= 15 is 0 Å². The van der Waals surface area contributed by atoms with Crippen LogP contribution in [0.3, 0.4) is 0 Å². The van der Waals surface area contributed by atoms with E-state index in [2.05, 4.69) is 19.1 Å². The van der Waals surface area contributed by atoms with Crippen molar-refractivity contribution in [3.8, 4) is 0 Å². The minimum Gasteiger partial charge on any atom is -0.337 e. The van der Waals surface area contributed by atoms with Crippen LogP contribution in [0, 0.1) is 6.92 Å². The third kappa shape index (κ3) is 2.49. The van der Waals surface area contributed by atoms with E-state index < -0.39 is 0 Å². The number of alkyl halides is 1. The number of carbonyl (C=O) groups is 1. The molecule has 1 aromatic heterocycles. The molecule has 0 bridgehead atoms. The molecule has 0 fully saturated rings. The highest BCUT2D eigenvalue weighted by atomic mass is 35.5. The molecule has 1 aromatic rings. The smallest absolute Gasteiger partial charge is 0.237 e. The first-order chi connectivity index (χ1) is 6.56. The van der Waals surface area contributed by atoms with Crippen LogP contribution >= 0.6 is 22.9 Å². The Morgan fingerprint density at radius 1 is 1.64 bits per heavy atom. The summed E-state index contributed by atoms with van der Waals surface area (Å²) in [7, 11) is 1.78. The van der Waals surface area contributed by atoms with Gasteiger partial charge >= 0.3 is 0 Å². The van der Waals surface area contributed by atoms with Gasteiger partial charge in [0.1, 0.15) is 5.88 Å². The molecule has 0 spiro atoms. The van der Waals surface area contributed by atoms with Crippen molar-refractivity contribution in [1.29, 1.82) is 0 Å². The molecule has 1 amide bonds. The van der Waals surface area contributed by atoms with Crippen LogP contribution in [0.15, 0.2) is 12.1 Å². The second-order valence-corrected chi connectivity index (χ2v) is 4.85. The maximum absolute atomic E-state index is 11.3. The van der Waals surface area contributed by atoms with Crippen molar-refractivity contribution in [2.24, 2.45) is 0 Å². The molecule has 0 aromatic carbocycles. The van der Waals surface area contributed by atoms with Crippen LogP contribution in [0.1, 0.15) is 22.7 Å². The molecule has 1 atom stereocenters. The summed E-state index contributed by atoms with van der Waals surface area (Å²) < 4.78 is 0. The van der Waals surface area contributed by atoms with E-state index in [1.54, 1.807) is 23.3 Å². The lowest BCUT2D eigenvalue weighted by molar-refractivity contribution is -0.129. The summed E-state index contributed by atoms with van der Waals surface area (Å²) in [5.41, 5.74) is 0. The second-order valence-electron chi connectivity index (χ2n) is 3.26. The molecule has 0 aliphatic rings. The predicted molar refractivity (Wildman–Crippen MR) is 61.0 cm³/mol. The van der Waals surface area contributed by atoms with Crippen molar-refractivity contribution in [3.05, 3.63) is 21.9 Å². The fourth-order valence-electron chi connectivity index (χ4n) is 1.18. The topological polar surface area (TPSA) is 20.3 Å². The van der Waals surface area contributed by atoms with E-state index in [0.717, 1.165) is 0 Å². The van der Waals surface area contributed by atoms with Crippen LogP contribution in [-0.4, -0.2) is 23.7 Å². The third-order valence-electron chi connectivity index (χ3n) is 2.26. The van der Waals surface area contributed by atoms with Gasteiger partial charge in [-0.05, 0) is 26.0 Å². The van der Waals surface area contributed by atoms with Crippen LogP contribution in [0.5, 0.6) is 0 Å². The van der Waals surface area contributed by atoms with Crippen LogP contribution in [0.2, 0.25) is 0 Å². The maximum Gasteiger partial charge on any atom is 0.237 e. The number of rotatable bonds is 3. The molecule has 14 heavy (non-hydrogen) atoms. The highest BCUT2D eigenvalue weighted by Crippen LogP contribution is 2.26. The lowest BCUT2D eigenvalue weighted by Crippen LogP contribution is -2.30. The lowest BCUT2D eigenvalue weighted by atomic mass is 10.2. The lowest BCUT2D eigenvalue weighted by Gasteiger charge is -2.23. The van der Waals surface area contributed by atoms with E-state index in [4.69, 9.17) is 11.6 Å². The Bertz CT molecular complexity index is 324. The molecule has 0 saturated carbocycles. The zero-order valence-corrected chi connectivity index (χ0v) is 10.2. The molecule has 0 radical (unpaired) electrons. The SMILES string of the molecule is Cc1ccc(C(C)N(C)C(=O)CCl)s1. The number of hydrogen-bond acceptors (Lipinski definition) is 2. The standard InChI is InChI=1S/C10H14ClNOS/c1-7-4-5-9(14-7)8(2)12(3)10(13)6-11/h4-5,8H,6H2,1-3H3. The number of halogens is 1. The Kier molecular flexibility index (Phi) is 3.96. The molecule has 4 heteroatoms. The fourth-order valence-corrected chi connectivity index (χ4v) is 2.34. The van der Waals surface area contributed by atoms with Gasteiger partial charge in [0.05, 0.1) is 6.04 Å². The largest absolute Gasteiger partial charge is 0.337 e. The minimum absolute atomic E-state index is 0.0368. The summed E-state index contributed by atoms with van der Waals surface area (Å²) in [4.78, 5) is 15.5. The number of amides is 1. The first-order valence-electron chi connectivity index (χ1n) is 4.44. The van der Waals surface area contributed by atoms with Gasteiger partial charge in [0.25, 0.3) is 0 Å². The molecule has 1 unspecified atom stereocenters. The summed E-state index contributed by atoms with van der Waals surface area (Å²) in [6.07, 6.45) is 0. The first-order valence-corrected chi connectivity index (χ1v) is 5.79. The van der Waals surface area contributed by atoms with Crippen molar-refractivity contribution >= 4 is 28.8 Å². The Morgan fingerprint density at radius 3 is 2.71 bits per heavy atom. The van der Waals surface area contributed by atoms with Gasteiger partial charge in [-0.25, -0.2) is 0 Å². The number of aryl methyl sites for hydroxylation is 1. The Hall–Kier alpha value is -0.540. The fraction of sp³-hybridized carbons (Fsp3) is 0.500. The quantitative estimate of drug-likeness (QED) is 0.733. The average molecular weight is 232 g/mol. The average Bonchev–Trinajstić information content (AvgIpc) is 2.61. The molecule has 2 nitrogen and oxygen atoms in total. The van der Waals surface area contributed by atoms with E-state index in [-0.39, 0.29) is 17.8 Å². The van der Waals surface area contributed by atoms with Crippen molar-refractivity contribution in [2.75, 3.05) is 12.9 Å². The molecule has 0 aliphatic carbocycles. The van der Waals surface area contributed by atoms with Crippen LogP contribution in [-0.2, 0) is 4.79 Å². The van der Waals surface area contributed by atoms with Crippen molar-refractivity contribution in [3.63, 3.8) is 0 Å². The molecule has 0 aliphatic heterocycles. The highest BCUT2D eigenvalue weighted by Gasteiger charge is 2.17. The molecule has 0 saturated heterocycles. The summed E-state index contributed by atoms with van der Waals surface area (Å²) in [5.74, 6) is 0.00999. The minimum atomic E-state index is -0.0368. The summed E-state index contributed by atoms with van der Waals surface area (Å²) in [6.45, 7) is 4.07. The van der Waals surface area contributed by atoms with Crippen LogP contribution in [0.4, 0.5) is 0 Å². The van der Waals surface area contributed by atoms with E-state index in [0.29, 0.717) is 0 Å². The van der Waals surface area contributed by atoms with Crippen molar-refractivity contribution in [2.45, 2.75) is 19.9 Å². The zero-order valence-electron chi connectivity index (χ0n) is 8.58. The number of nitrogens with zero attached hydrogens (tertiary/aromatic N) is 1. The second kappa shape index (κ2) is 4.80. The van der Waals surface area contributed by atoms with Gasteiger partial charge in [0, 0.05) is 16.8 Å². The van der Waals surface area contributed by atoms with E-state index in [9.17, 15) is 4.79 Å². The third-order valence-corrected chi connectivity index (χ3v) is 3.66. The summed E-state index contributed by atoms with van der Waals surface area (Å²) >= 11 is 7.21. The van der Waals surface area contributed by atoms with Gasteiger partial charge in [-0.3, -0.25) is 4.79 Å². The maximum atomic E-state index is 11.3. The molecule has 1 heterocycles. The number of carbonyl (C=O) groups excluding carboxylic acids is 1. The van der Waals surface area contributed by atoms with Crippen molar-refractivity contribution < 1.29 is 4.79 Å². The highest BCUT2D eigenvalue weighted by molar-refractivity contribution is 7.12. The molecule has 78 valence electrons. The number of hydrogen-bond donors (Lipinski definition) is 0. The van der Waals surface area contributed by atoms with Gasteiger partial charge in [-0.15, -0.1) is 22.9 Å². The van der Waals surface area contributed by atoms with Crippen LogP contribution in [0.25, 0.3) is 0 Å². The van der Waals surface area contributed by atoms with Crippen molar-refractivity contribution in [1.82, 2.24) is 4.90 Å². The Balaban J connectivity index is 2.74. The van der Waals surface area contributed by atoms with E-state index in [1.165, 1.54) is 9.75 Å². The summed E-state index contributed by atoms with van der Waals surface area (Å²) in [6, 6.07) is 4.23. The Labute approximate surface area is 93.5 Å². The molecular weight excluding hydrogens is 218 g/mol. The predicted octanol–water partition coefficient (Wildman–Crippen LogP) is 2.81. The summed E-state index contributed by atoms with van der Waals surface area (Å²) in [5, 5.41) is 0. The van der Waals surface area contributed by atoms with Gasteiger partial charge in [-0.1, -0.05) is 0 Å². The van der Waals surface area contributed by atoms with Crippen LogP contribution < -0.4 is 0 Å². The van der Waals surface area contributed by atoms with E-state index in [1.807, 2.05) is 6.92 Å². The van der Waals surface area contributed by atoms with Gasteiger partial charge in [0.15, 0.2) is 0 Å². The normalized spacial score (nSPS) is 12.6. The van der Waals surface area contributed by atoms with Gasteiger partial charge in [0.2, 0.25) is 5.91 Å². The van der Waals surface area contributed by atoms with Gasteiger partial charge in [-0.2, -0.15) is 0 Å². The number of thiophene rings is 1. The molecule has 1 rings (SSSR count). The zero-order chi connectivity index (χ0) is 10.7. The van der Waals surface area contributed by atoms with Gasteiger partial charge < -0.3 is 4.90 Å².